The normalized spacial score (nSPS) is 25.0. The Bertz CT molecular complexity index is 187. The van der Waals surface area contributed by atoms with E-state index in [2.05, 4.69) is 17.5 Å². The molecule has 0 saturated heterocycles. The van der Waals surface area contributed by atoms with Crippen molar-refractivity contribution in [2.45, 2.75) is 38.3 Å². The third kappa shape index (κ3) is 2.66. The number of carbonyl (C=O) groups is 1. The molecule has 1 amide bonds. The predicted molar refractivity (Wildman–Crippen MR) is 48.6 cm³/mol. The highest BCUT2D eigenvalue weighted by Crippen LogP contribution is 2.10. The second-order valence-corrected chi connectivity index (χ2v) is 3.28. The van der Waals surface area contributed by atoms with Crippen LogP contribution in [0.2, 0.25) is 0 Å². The van der Waals surface area contributed by atoms with Crippen LogP contribution in [0, 0.1) is 0 Å². The van der Waals surface area contributed by atoms with Crippen molar-refractivity contribution in [3.8, 4) is 0 Å². The van der Waals surface area contributed by atoms with Crippen molar-refractivity contribution in [1.82, 2.24) is 5.32 Å². The average molecular weight is 168 g/mol. The van der Waals surface area contributed by atoms with Crippen LogP contribution in [-0.2, 0) is 4.79 Å². The Morgan fingerprint density at radius 2 is 2.42 bits per heavy atom. The third-order valence-corrected chi connectivity index (χ3v) is 2.03. The van der Waals surface area contributed by atoms with Gasteiger partial charge in [0, 0.05) is 6.04 Å². The van der Waals surface area contributed by atoms with Crippen LogP contribution in [0.3, 0.4) is 0 Å². The fourth-order valence-corrected chi connectivity index (χ4v) is 1.26. The van der Waals surface area contributed by atoms with Gasteiger partial charge in [-0.05, 0) is 26.2 Å². The number of nitrogens with two attached hydrogens (primary N) is 1. The van der Waals surface area contributed by atoms with Crippen LogP contribution in [-0.4, -0.2) is 18.0 Å². The number of allylic oxidation sites excluding steroid dienone is 1. The molecule has 0 aromatic carbocycles. The van der Waals surface area contributed by atoms with E-state index < -0.39 is 6.04 Å². The van der Waals surface area contributed by atoms with Crippen LogP contribution in [0.1, 0.15) is 26.2 Å². The van der Waals surface area contributed by atoms with E-state index in [1.54, 1.807) is 6.92 Å². The molecule has 1 aliphatic carbocycles. The monoisotopic (exact) mass is 168 g/mol. The summed E-state index contributed by atoms with van der Waals surface area (Å²) < 4.78 is 0. The first-order valence-electron chi connectivity index (χ1n) is 4.41. The van der Waals surface area contributed by atoms with Crippen LogP contribution in [0.4, 0.5) is 0 Å². The average Bonchev–Trinajstić information content (AvgIpc) is 2.06. The Balaban J connectivity index is 2.31. The zero-order valence-electron chi connectivity index (χ0n) is 7.42. The maximum absolute atomic E-state index is 11.2. The topological polar surface area (TPSA) is 55.1 Å². The summed E-state index contributed by atoms with van der Waals surface area (Å²) in [4.78, 5) is 11.2. The van der Waals surface area contributed by atoms with E-state index in [1.165, 1.54) is 0 Å². The van der Waals surface area contributed by atoms with E-state index in [1.807, 2.05) is 0 Å². The lowest BCUT2D eigenvalue weighted by Crippen LogP contribution is -2.44. The van der Waals surface area contributed by atoms with Crippen LogP contribution in [0.15, 0.2) is 12.2 Å². The van der Waals surface area contributed by atoms with E-state index >= 15 is 0 Å². The van der Waals surface area contributed by atoms with E-state index in [0.717, 1.165) is 19.3 Å². The van der Waals surface area contributed by atoms with Crippen molar-refractivity contribution in [3.63, 3.8) is 0 Å². The van der Waals surface area contributed by atoms with Gasteiger partial charge in [0.2, 0.25) is 5.91 Å². The van der Waals surface area contributed by atoms with Crippen molar-refractivity contribution in [3.05, 3.63) is 12.2 Å². The van der Waals surface area contributed by atoms with Gasteiger partial charge in [0.05, 0.1) is 6.04 Å². The molecule has 0 bridgehead atoms. The molecule has 0 aromatic heterocycles. The molecular formula is C9H16N2O. The number of hydrogen-bond acceptors (Lipinski definition) is 2. The lowest BCUT2D eigenvalue weighted by molar-refractivity contribution is -0.122. The highest BCUT2D eigenvalue weighted by atomic mass is 16.2. The summed E-state index contributed by atoms with van der Waals surface area (Å²) >= 11 is 0. The molecule has 3 nitrogen and oxygen atoms in total. The van der Waals surface area contributed by atoms with Crippen molar-refractivity contribution in [1.29, 1.82) is 0 Å². The number of hydrogen-bond donors (Lipinski definition) is 2. The number of amides is 1. The van der Waals surface area contributed by atoms with Crippen molar-refractivity contribution < 1.29 is 4.79 Å². The summed E-state index contributed by atoms with van der Waals surface area (Å²) in [6, 6.07) is -0.0931. The summed E-state index contributed by atoms with van der Waals surface area (Å²) in [6.45, 7) is 1.70. The van der Waals surface area contributed by atoms with Crippen molar-refractivity contribution in [2.75, 3.05) is 0 Å². The number of nitrogens with one attached hydrogen (secondary N) is 1. The molecule has 0 spiro atoms. The summed E-state index contributed by atoms with van der Waals surface area (Å²) in [5, 5.41) is 2.90. The predicted octanol–water partition coefficient (Wildman–Crippen LogP) is 0.558. The van der Waals surface area contributed by atoms with Crippen LogP contribution >= 0.6 is 0 Å². The van der Waals surface area contributed by atoms with Gasteiger partial charge in [-0.2, -0.15) is 0 Å². The van der Waals surface area contributed by atoms with Gasteiger partial charge >= 0.3 is 0 Å². The van der Waals surface area contributed by atoms with Crippen LogP contribution in [0.5, 0.6) is 0 Å². The zero-order valence-corrected chi connectivity index (χ0v) is 7.42. The van der Waals surface area contributed by atoms with E-state index in [4.69, 9.17) is 5.73 Å². The standard InChI is InChI=1S/C9H16N2O/c1-7(10)9(12)11-8-5-3-2-4-6-8/h2-3,7-8H,4-6,10H2,1H3,(H,11,12)/t7-,8?/m1/s1. The molecular weight excluding hydrogens is 152 g/mol. The summed E-state index contributed by atoms with van der Waals surface area (Å²) in [5.41, 5.74) is 5.42. The Hall–Kier alpha value is -0.830. The Kier molecular flexibility index (Phi) is 3.29. The second-order valence-electron chi connectivity index (χ2n) is 3.28. The van der Waals surface area contributed by atoms with Gasteiger partial charge in [-0.3, -0.25) is 4.79 Å². The minimum absolute atomic E-state index is 0.0460. The third-order valence-electron chi connectivity index (χ3n) is 2.03. The lowest BCUT2D eigenvalue weighted by Gasteiger charge is -2.20. The smallest absolute Gasteiger partial charge is 0.236 e. The molecule has 0 fully saturated rings. The quantitative estimate of drug-likeness (QED) is 0.592. The van der Waals surface area contributed by atoms with Gasteiger partial charge in [0.15, 0.2) is 0 Å². The molecule has 1 unspecified atom stereocenters. The molecule has 3 N–H and O–H groups in total. The summed E-state index contributed by atoms with van der Waals surface area (Å²) in [7, 11) is 0. The van der Waals surface area contributed by atoms with E-state index in [9.17, 15) is 4.79 Å². The van der Waals surface area contributed by atoms with Gasteiger partial charge < -0.3 is 11.1 Å². The van der Waals surface area contributed by atoms with Crippen LogP contribution < -0.4 is 11.1 Å². The van der Waals surface area contributed by atoms with E-state index in [-0.39, 0.29) is 5.91 Å². The first kappa shape index (κ1) is 9.26. The minimum Gasteiger partial charge on any atom is -0.352 e. The number of rotatable bonds is 2. The minimum atomic E-state index is -0.393. The molecule has 3 heteroatoms. The second kappa shape index (κ2) is 4.26. The van der Waals surface area contributed by atoms with Gasteiger partial charge in [0.25, 0.3) is 0 Å². The molecule has 0 heterocycles. The van der Waals surface area contributed by atoms with Gasteiger partial charge in [-0.25, -0.2) is 0 Å². The molecule has 0 saturated carbocycles. The molecule has 0 aliphatic heterocycles. The van der Waals surface area contributed by atoms with Gasteiger partial charge in [0.1, 0.15) is 0 Å². The molecule has 0 aromatic rings. The lowest BCUT2D eigenvalue weighted by atomic mass is 10.0. The Morgan fingerprint density at radius 3 is 2.92 bits per heavy atom. The maximum atomic E-state index is 11.2. The largest absolute Gasteiger partial charge is 0.352 e. The maximum Gasteiger partial charge on any atom is 0.236 e. The molecule has 1 aliphatic rings. The molecule has 2 atom stereocenters. The fraction of sp³-hybridized carbons (Fsp3) is 0.667. The Morgan fingerprint density at radius 1 is 1.67 bits per heavy atom. The van der Waals surface area contributed by atoms with Crippen LogP contribution in [0.25, 0.3) is 0 Å². The van der Waals surface area contributed by atoms with E-state index in [0.29, 0.717) is 6.04 Å². The first-order chi connectivity index (χ1) is 5.70. The number of carbonyl (C=O) groups excluding carboxylic acids is 1. The molecule has 68 valence electrons. The first-order valence-corrected chi connectivity index (χ1v) is 4.41. The summed E-state index contributed by atoms with van der Waals surface area (Å²) in [5.74, 6) is -0.0460. The van der Waals surface area contributed by atoms with Gasteiger partial charge in [-0.15, -0.1) is 0 Å². The molecule has 12 heavy (non-hydrogen) atoms. The SMILES string of the molecule is C[C@@H](N)C(=O)NC1CC=CCC1. The fourth-order valence-electron chi connectivity index (χ4n) is 1.26. The highest BCUT2D eigenvalue weighted by Gasteiger charge is 2.14. The van der Waals surface area contributed by atoms with Crippen molar-refractivity contribution >= 4 is 5.91 Å². The zero-order chi connectivity index (χ0) is 8.97. The summed E-state index contributed by atoms with van der Waals surface area (Å²) in [6.07, 6.45) is 7.29. The van der Waals surface area contributed by atoms with Gasteiger partial charge in [-0.1, -0.05) is 12.2 Å². The Labute approximate surface area is 73.0 Å². The van der Waals surface area contributed by atoms with Crippen molar-refractivity contribution in [2.24, 2.45) is 5.73 Å². The highest BCUT2D eigenvalue weighted by molar-refractivity contribution is 5.81. The molecule has 1 rings (SSSR count). The molecule has 0 radical (unpaired) electrons.